The minimum atomic E-state index is 0.845. The first-order chi connectivity index (χ1) is 8.93. The van der Waals surface area contributed by atoms with E-state index >= 15 is 0 Å². The van der Waals surface area contributed by atoms with Gasteiger partial charge in [-0.3, -0.25) is 5.10 Å². The van der Waals surface area contributed by atoms with E-state index in [1.54, 1.807) is 6.20 Å². The first kappa shape index (κ1) is 10.5. The van der Waals surface area contributed by atoms with E-state index in [2.05, 4.69) is 15.4 Å². The van der Waals surface area contributed by atoms with Gasteiger partial charge in [-0.05, 0) is 18.2 Å². The van der Waals surface area contributed by atoms with Gasteiger partial charge in [0.15, 0.2) is 5.58 Å². The Labute approximate surface area is 103 Å². The molecule has 2 aromatic carbocycles. The number of H-pyrrole nitrogens is 1. The number of aromatic amines is 1. The van der Waals surface area contributed by atoms with Crippen molar-refractivity contribution in [2.75, 3.05) is 0 Å². The van der Waals surface area contributed by atoms with Gasteiger partial charge in [-0.2, -0.15) is 5.10 Å². The van der Waals surface area contributed by atoms with Crippen molar-refractivity contribution in [3.05, 3.63) is 60.9 Å². The van der Waals surface area contributed by atoms with Crippen LogP contribution < -0.4 is 0 Å². The molecule has 4 rings (SSSR count). The average Bonchev–Trinajstić information content (AvgIpc) is 3.08. The minimum absolute atomic E-state index is 0.845. The van der Waals surface area contributed by atoms with Crippen LogP contribution in [0.3, 0.4) is 0 Å². The first-order valence-electron chi connectivity index (χ1n) is 5.61. The summed E-state index contributed by atoms with van der Waals surface area (Å²) in [7, 11) is 0. The molecule has 0 saturated carbocycles. The Bertz CT molecular complexity index is 631. The van der Waals surface area contributed by atoms with Crippen LogP contribution in [0.15, 0.2) is 65.4 Å². The Balaban J connectivity index is 0.000000111. The quantitative estimate of drug-likeness (QED) is 0.510. The van der Waals surface area contributed by atoms with Crippen LogP contribution in [0.25, 0.3) is 21.9 Å². The van der Waals surface area contributed by atoms with Crippen molar-refractivity contribution in [3.63, 3.8) is 0 Å². The summed E-state index contributed by atoms with van der Waals surface area (Å²) >= 11 is 0. The molecule has 0 spiro atoms. The largest absolute Gasteiger partial charge is 0.356 e. The second kappa shape index (κ2) is 4.71. The highest BCUT2D eigenvalue weighted by molar-refractivity contribution is 5.77. The molecule has 1 N–H and O–H groups in total. The van der Waals surface area contributed by atoms with E-state index < -0.39 is 0 Å². The molecule has 0 atom stereocenters. The number of para-hydroxylation sites is 2. The minimum Gasteiger partial charge on any atom is -0.356 e. The number of fused-ring (bicyclic) bond motifs is 2. The molecule has 0 aliphatic carbocycles. The van der Waals surface area contributed by atoms with Crippen LogP contribution in [0.1, 0.15) is 0 Å². The number of hydrogen-bond acceptors (Lipinski definition) is 3. The standard InChI is InChI=1S/C7H6N2.C7H5NO/c2*1-2-4-7-6(3-1)5-8-9-7/h1-5H,(H,8,9);1-5H. The Kier molecular flexibility index (Phi) is 2.75. The lowest BCUT2D eigenvalue weighted by Crippen LogP contribution is -1.63. The SMILES string of the molecule is c1ccc2[nH]ncc2c1.c1ccc2oncc2c1. The summed E-state index contributed by atoms with van der Waals surface area (Å²) in [6.07, 6.45) is 3.52. The number of benzene rings is 2. The number of hydrogen-bond donors (Lipinski definition) is 1. The molecule has 0 bridgehead atoms. The highest BCUT2D eigenvalue weighted by Gasteiger charge is 1.91. The molecule has 88 valence electrons. The third-order valence-corrected chi connectivity index (χ3v) is 2.61. The van der Waals surface area contributed by atoms with Gasteiger partial charge in [0, 0.05) is 10.8 Å². The van der Waals surface area contributed by atoms with Crippen LogP contribution in [-0.2, 0) is 0 Å². The molecular formula is C14H11N3O. The first-order valence-corrected chi connectivity index (χ1v) is 5.61. The van der Waals surface area contributed by atoms with E-state index in [-0.39, 0.29) is 0 Å². The van der Waals surface area contributed by atoms with Gasteiger partial charge in [0.25, 0.3) is 0 Å². The van der Waals surface area contributed by atoms with E-state index in [1.807, 2.05) is 54.7 Å². The Morgan fingerprint density at radius 2 is 1.61 bits per heavy atom. The van der Waals surface area contributed by atoms with E-state index in [0.717, 1.165) is 21.9 Å². The Morgan fingerprint density at radius 3 is 2.44 bits per heavy atom. The number of aromatic nitrogens is 3. The van der Waals surface area contributed by atoms with Crippen LogP contribution in [0.4, 0.5) is 0 Å². The van der Waals surface area contributed by atoms with Gasteiger partial charge in [-0.25, -0.2) is 0 Å². The van der Waals surface area contributed by atoms with Crippen molar-refractivity contribution in [2.24, 2.45) is 0 Å². The molecular weight excluding hydrogens is 226 g/mol. The predicted molar refractivity (Wildman–Crippen MR) is 70.1 cm³/mol. The summed E-state index contributed by atoms with van der Waals surface area (Å²) in [6.45, 7) is 0. The molecule has 0 fully saturated rings. The van der Waals surface area contributed by atoms with Gasteiger partial charge in [0.2, 0.25) is 0 Å². The van der Waals surface area contributed by atoms with Crippen molar-refractivity contribution >= 4 is 21.9 Å². The lowest BCUT2D eigenvalue weighted by Gasteiger charge is -1.81. The van der Waals surface area contributed by atoms with Crippen LogP contribution in [-0.4, -0.2) is 15.4 Å². The number of nitrogens with one attached hydrogen (secondary N) is 1. The summed E-state index contributed by atoms with van der Waals surface area (Å²) in [5.74, 6) is 0. The van der Waals surface area contributed by atoms with Crippen LogP contribution in [0, 0.1) is 0 Å². The molecule has 2 aromatic heterocycles. The number of nitrogens with zero attached hydrogens (tertiary/aromatic N) is 2. The maximum absolute atomic E-state index is 4.87. The molecule has 4 heteroatoms. The average molecular weight is 237 g/mol. The molecule has 4 nitrogen and oxygen atoms in total. The zero-order chi connectivity index (χ0) is 12.2. The fourth-order valence-corrected chi connectivity index (χ4v) is 1.69. The normalized spacial score (nSPS) is 10.2. The van der Waals surface area contributed by atoms with Crippen molar-refractivity contribution in [1.29, 1.82) is 0 Å². The highest BCUT2D eigenvalue weighted by Crippen LogP contribution is 2.10. The predicted octanol–water partition coefficient (Wildman–Crippen LogP) is 3.39. The maximum Gasteiger partial charge on any atom is 0.166 e. The summed E-state index contributed by atoms with van der Waals surface area (Å²) in [5, 5.41) is 12.6. The van der Waals surface area contributed by atoms with Crippen molar-refractivity contribution < 1.29 is 4.52 Å². The molecule has 4 aromatic rings. The molecule has 2 heterocycles. The fourth-order valence-electron chi connectivity index (χ4n) is 1.69. The van der Waals surface area contributed by atoms with Crippen LogP contribution in [0.2, 0.25) is 0 Å². The van der Waals surface area contributed by atoms with Gasteiger partial charge < -0.3 is 4.52 Å². The molecule has 0 saturated heterocycles. The lowest BCUT2D eigenvalue weighted by atomic mass is 10.3. The van der Waals surface area contributed by atoms with Gasteiger partial charge in [-0.15, -0.1) is 0 Å². The third kappa shape index (κ3) is 2.08. The monoisotopic (exact) mass is 237 g/mol. The van der Waals surface area contributed by atoms with Gasteiger partial charge >= 0.3 is 0 Å². The molecule has 18 heavy (non-hydrogen) atoms. The molecule has 0 aliphatic rings. The van der Waals surface area contributed by atoms with Crippen molar-refractivity contribution in [3.8, 4) is 0 Å². The molecule has 0 amide bonds. The van der Waals surface area contributed by atoms with E-state index in [0.29, 0.717) is 0 Å². The second-order valence-corrected chi connectivity index (χ2v) is 3.82. The van der Waals surface area contributed by atoms with Gasteiger partial charge in [0.1, 0.15) is 0 Å². The highest BCUT2D eigenvalue weighted by atomic mass is 16.5. The van der Waals surface area contributed by atoms with E-state index in [9.17, 15) is 0 Å². The molecule has 0 aliphatic heterocycles. The Hall–Kier alpha value is -2.62. The molecule has 0 unspecified atom stereocenters. The zero-order valence-electron chi connectivity index (χ0n) is 9.58. The van der Waals surface area contributed by atoms with Crippen LogP contribution >= 0.6 is 0 Å². The van der Waals surface area contributed by atoms with E-state index in [4.69, 9.17) is 4.52 Å². The summed E-state index contributed by atoms with van der Waals surface area (Å²) in [5.41, 5.74) is 1.94. The fraction of sp³-hybridized carbons (Fsp3) is 0. The number of rotatable bonds is 0. The summed E-state index contributed by atoms with van der Waals surface area (Å²) < 4.78 is 4.87. The second-order valence-electron chi connectivity index (χ2n) is 3.82. The van der Waals surface area contributed by atoms with Crippen LogP contribution in [0.5, 0.6) is 0 Å². The topological polar surface area (TPSA) is 54.7 Å². The summed E-state index contributed by atoms with van der Waals surface area (Å²) in [4.78, 5) is 0. The van der Waals surface area contributed by atoms with Crippen molar-refractivity contribution in [1.82, 2.24) is 15.4 Å². The third-order valence-electron chi connectivity index (χ3n) is 2.61. The lowest BCUT2D eigenvalue weighted by molar-refractivity contribution is 0.456. The van der Waals surface area contributed by atoms with Crippen molar-refractivity contribution in [2.45, 2.75) is 0 Å². The Morgan fingerprint density at radius 1 is 0.833 bits per heavy atom. The molecule has 0 radical (unpaired) electrons. The van der Waals surface area contributed by atoms with E-state index in [1.165, 1.54) is 0 Å². The smallest absolute Gasteiger partial charge is 0.166 e. The maximum atomic E-state index is 4.87. The van der Waals surface area contributed by atoms with Gasteiger partial charge in [-0.1, -0.05) is 35.5 Å². The van der Waals surface area contributed by atoms with Gasteiger partial charge in [0.05, 0.1) is 17.9 Å². The zero-order valence-corrected chi connectivity index (χ0v) is 9.58. The summed E-state index contributed by atoms with van der Waals surface area (Å²) in [6, 6.07) is 15.8.